The van der Waals surface area contributed by atoms with Crippen molar-refractivity contribution in [3.63, 3.8) is 0 Å². The van der Waals surface area contributed by atoms with Crippen molar-refractivity contribution in [1.82, 2.24) is 15.2 Å². The summed E-state index contributed by atoms with van der Waals surface area (Å²) in [5.74, 6) is -0.174. The number of hydrogen-bond acceptors (Lipinski definition) is 3. The second-order valence-corrected chi connectivity index (χ2v) is 5.68. The van der Waals surface area contributed by atoms with E-state index < -0.39 is 0 Å². The number of amides is 1. The summed E-state index contributed by atoms with van der Waals surface area (Å²) < 4.78 is 0. The Balaban J connectivity index is 1.96. The van der Waals surface area contributed by atoms with Crippen LogP contribution >= 0.6 is 11.6 Å². The van der Waals surface area contributed by atoms with E-state index in [1.54, 1.807) is 6.07 Å². The molecule has 0 bridgehead atoms. The minimum atomic E-state index is -0.174. The lowest BCUT2D eigenvalue weighted by molar-refractivity contribution is 0.0948. The van der Waals surface area contributed by atoms with Gasteiger partial charge < -0.3 is 10.2 Å². The number of para-hydroxylation sites is 1. The van der Waals surface area contributed by atoms with E-state index in [4.69, 9.17) is 11.6 Å². The predicted molar refractivity (Wildman–Crippen MR) is 86.9 cm³/mol. The molecule has 0 radical (unpaired) electrons. The zero-order valence-electron chi connectivity index (χ0n) is 12.4. The van der Waals surface area contributed by atoms with Gasteiger partial charge >= 0.3 is 0 Å². The van der Waals surface area contributed by atoms with Gasteiger partial charge in [-0.2, -0.15) is 0 Å². The van der Waals surface area contributed by atoms with Gasteiger partial charge in [-0.3, -0.25) is 4.79 Å². The Morgan fingerprint density at radius 1 is 1.29 bits per heavy atom. The van der Waals surface area contributed by atoms with Crippen molar-refractivity contribution in [3.8, 4) is 0 Å². The number of halogens is 1. The molecule has 4 nitrogen and oxygen atoms in total. The SMILES string of the molecule is CN(C)CCCCNC(=O)c1cc(Cl)c2ccccc2n1. The Labute approximate surface area is 130 Å². The van der Waals surface area contributed by atoms with E-state index in [0.29, 0.717) is 17.3 Å². The Morgan fingerprint density at radius 2 is 2.05 bits per heavy atom. The number of carbonyl (C=O) groups excluding carboxylic acids is 1. The van der Waals surface area contributed by atoms with E-state index in [1.165, 1.54) is 0 Å². The number of pyridine rings is 1. The molecule has 0 aliphatic carbocycles. The van der Waals surface area contributed by atoms with Crippen molar-refractivity contribution in [2.24, 2.45) is 0 Å². The Morgan fingerprint density at radius 3 is 2.81 bits per heavy atom. The topological polar surface area (TPSA) is 45.2 Å². The van der Waals surface area contributed by atoms with Gasteiger partial charge in [0, 0.05) is 11.9 Å². The van der Waals surface area contributed by atoms with E-state index in [-0.39, 0.29) is 5.91 Å². The average molecular weight is 306 g/mol. The lowest BCUT2D eigenvalue weighted by Gasteiger charge is -2.09. The van der Waals surface area contributed by atoms with Crippen LogP contribution in [0.3, 0.4) is 0 Å². The van der Waals surface area contributed by atoms with Gasteiger partial charge in [0.2, 0.25) is 0 Å². The zero-order chi connectivity index (χ0) is 15.2. The number of rotatable bonds is 6. The van der Waals surface area contributed by atoms with Crippen LogP contribution in [0.2, 0.25) is 5.02 Å². The first-order chi connectivity index (χ1) is 10.1. The maximum atomic E-state index is 12.1. The molecule has 1 amide bonds. The van der Waals surface area contributed by atoms with Crippen molar-refractivity contribution >= 4 is 28.4 Å². The summed E-state index contributed by atoms with van der Waals surface area (Å²) in [6, 6.07) is 9.16. The van der Waals surface area contributed by atoms with Crippen LogP contribution in [-0.2, 0) is 0 Å². The Kier molecular flexibility index (Phi) is 5.53. The Hall–Kier alpha value is -1.65. The molecule has 0 spiro atoms. The minimum absolute atomic E-state index is 0.174. The third kappa shape index (κ3) is 4.41. The van der Waals surface area contributed by atoms with Crippen LogP contribution < -0.4 is 5.32 Å². The molecule has 2 aromatic rings. The molecule has 0 unspecified atom stereocenters. The number of hydrogen-bond donors (Lipinski definition) is 1. The molecule has 5 heteroatoms. The number of carbonyl (C=O) groups is 1. The zero-order valence-corrected chi connectivity index (χ0v) is 13.2. The highest BCUT2D eigenvalue weighted by atomic mass is 35.5. The third-order valence-electron chi connectivity index (χ3n) is 3.22. The van der Waals surface area contributed by atoms with Crippen molar-refractivity contribution in [2.75, 3.05) is 27.2 Å². The van der Waals surface area contributed by atoms with Gasteiger partial charge in [-0.1, -0.05) is 29.8 Å². The van der Waals surface area contributed by atoms with Gasteiger partial charge in [0.05, 0.1) is 10.5 Å². The van der Waals surface area contributed by atoms with E-state index in [9.17, 15) is 4.79 Å². The van der Waals surface area contributed by atoms with Gasteiger partial charge in [-0.15, -0.1) is 0 Å². The highest BCUT2D eigenvalue weighted by molar-refractivity contribution is 6.35. The van der Waals surface area contributed by atoms with Crippen LogP contribution in [0.15, 0.2) is 30.3 Å². The normalized spacial score (nSPS) is 11.0. The van der Waals surface area contributed by atoms with Crippen molar-refractivity contribution in [1.29, 1.82) is 0 Å². The number of benzene rings is 1. The van der Waals surface area contributed by atoms with E-state index in [1.807, 2.05) is 38.4 Å². The standard InChI is InChI=1S/C16H20ClN3O/c1-20(2)10-6-5-9-18-16(21)15-11-13(17)12-7-3-4-8-14(12)19-15/h3-4,7-8,11H,5-6,9-10H2,1-2H3,(H,18,21). The van der Waals surface area contributed by atoms with Gasteiger partial charge in [-0.25, -0.2) is 4.98 Å². The number of nitrogens with zero attached hydrogens (tertiary/aromatic N) is 2. The fourth-order valence-corrected chi connectivity index (χ4v) is 2.36. The van der Waals surface area contributed by atoms with Crippen molar-refractivity contribution < 1.29 is 4.79 Å². The summed E-state index contributed by atoms with van der Waals surface area (Å²) in [6.07, 6.45) is 2.00. The molecule has 0 atom stereocenters. The molecular formula is C16H20ClN3O. The van der Waals surface area contributed by atoms with Gasteiger partial charge in [0.25, 0.3) is 5.91 Å². The first-order valence-electron chi connectivity index (χ1n) is 7.06. The summed E-state index contributed by atoms with van der Waals surface area (Å²) in [5, 5.41) is 4.30. The fourth-order valence-electron chi connectivity index (χ4n) is 2.09. The van der Waals surface area contributed by atoms with E-state index in [2.05, 4.69) is 15.2 Å². The number of aromatic nitrogens is 1. The summed E-state index contributed by atoms with van der Waals surface area (Å²) in [4.78, 5) is 18.6. The molecule has 112 valence electrons. The molecule has 1 aromatic heterocycles. The highest BCUT2D eigenvalue weighted by Crippen LogP contribution is 2.22. The maximum absolute atomic E-state index is 12.1. The fraction of sp³-hybridized carbons (Fsp3) is 0.375. The van der Waals surface area contributed by atoms with Crippen LogP contribution in [0.4, 0.5) is 0 Å². The lowest BCUT2D eigenvalue weighted by atomic mass is 10.2. The molecule has 0 saturated heterocycles. The van der Waals surface area contributed by atoms with Crippen LogP contribution in [0, 0.1) is 0 Å². The summed E-state index contributed by atoms with van der Waals surface area (Å²) in [6.45, 7) is 1.68. The molecule has 21 heavy (non-hydrogen) atoms. The molecule has 0 aliphatic rings. The summed E-state index contributed by atoms with van der Waals surface area (Å²) in [5.41, 5.74) is 1.11. The molecular weight excluding hydrogens is 286 g/mol. The first-order valence-corrected chi connectivity index (χ1v) is 7.44. The maximum Gasteiger partial charge on any atom is 0.269 e. The third-order valence-corrected chi connectivity index (χ3v) is 3.53. The van der Waals surface area contributed by atoms with Gasteiger partial charge in [0.15, 0.2) is 0 Å². The van der Waals surface area contributed by atoms with Crippen LogP contribution in [-0.4, -0.2) is 43.0 Å². The first kappa shape index (κ1) is 15.7. The summed E-state index contributed by atoms with van der Waals surface area (Å²) >= 11 is 6.20. The summed E-state index contributed by atoms with van der Waals surface area (Å²) in [7, 11) is 4.08. The Bertz CT molecular complexity index is 628. The van der Waals surface area contributed by atoms with E-state index >= 15 is 0 Å². The van der Waals surface area contributed by atoms with Gasteiger partial charge in [0.1, 0.15) is 5.69 Å². The largest absolute Gasteiger partial charge is 0.351 e. The molecule has 1 N–H and O–H groups in total. The molecule has 1 aromatic carbocycles. The van der Waals surface area contributed by atoms with Gasteiger partial charge in [-0.05, 0) is 45.6 Å². The smallest absolute Gasteiger partial charge is 0.269 e. The number of unbranched alkanes of at least 4 members (excludes halogenated alkanes) is 1. The van der Waals surface area contributed by atoms with Crippen LogP contribution in [0.1, 0.15) is 23.3 Å². The van der Waals surface area contributed by atoms with Crippen molar-refractivity contribution in [3.05, 3.63) is 41.0 Å². The molecule has 0 saturated carbocycles. The minimum Gasteiger partial charge on any atom is -0.351 e. The lowest BCUT2D eigenvalue weighted by Crippen LogP contribution is -2.26. The second-order valence-electron chi connectivity index (χ2n) is 5.27. The quantitative estimate of drug-likeness (QED) is 0.835. The monoisotopic (exact) mass is 305 g/mol. The molecule has 0 fully saturated rings. The average Bonchev–Trinajstić information content (AvgIpc) is 2.46. The molecule has 0 aliphatic heterocycles. The van der Waals surface area contributed by atoms with E-state index in [0.717, 1.165) is 30.3 Å². The molecule has 2 rings (SSSR count). The number of fused-ring (bicyclic) bond motifs is 1. The number of nitrogens with one attached hydrogen (secondary N) is 1. The van der Waals surface area contributed by atoms with Crippen LogP contribution in [0.5, 0.6) is 0 Å². The highest BCUT2D eigenvalue weighted by Gasteiger charge is 2.10. The van der Waals surface area contributed by atoms with Crippen LogP contribution in [0.25, 0.3) is 10.9 Å². The molecule has 1 heterocycles. The predicted octanol–water partition coefficient (Wildman–Crippen LogP) is 2.96. The van der Waals surface area contributed by atoms with Crippen molar-refractivity contribution in [2.45, 2.75) is 12.8 Å². The second kappa shape index (κ2) is 7.38.